The predicted molar refractivity (Wildman–Crippen MR) is 82.2 cm³/mol. The smallest absolute Gasteiger partial charge is 0.0706 e. The molecule has 1 aromatic heterocycles. The molecule has 0 saturated carbocycles. The van der Waals surface area contributed by atoms with Crippen LogP contribution in [0.5, 0.6) is 0 Å². The van der Waals surface area contributed by atoms with E-state index in [1.807, 2.05) is 0 Å². The number of rotatable bonds is 6. The van der Waals surface area contributed by atoms with E-state index >= 15 is 0 Å². The number of fused-ring (bicyclic) bond motifs is 1. The Labute approximate surface area is 116 Å². The van der Waals surface area contributed by atoms with Crippen LogP contribution in [0.2, 0.25) is 0 Å². The molecule has 1 heterocycles. The second kappa shape index (κ2) is 6.67. The molecule has 0 amide bonds. The molecule has 0 aliphatic heterocycles. The zero-order chi connectivity index (χ0) is 13.7. The predicted octanol–water partition coefficient (Wildman–Crippen LogP) is 4.32. The molecule has 0 aliphatic rings. The summed E-state index contributed by atoms with van der Waals surface area (Å²) < 4.78 is 0. The van der Waals surface area contributed by atoms with Crippen LogP contribution in [0.4, 0.5) is 0 Å². The third-order valence-corrected chi connectivity index (χ3v) is 3.68. The van der Waals surface area contributed by atoms with E-state index in [-0.39, 0.29) is 0 Å². The van der Waals surface area contributed by atoms with E-state index in [1.165, 1.54) is 23.9 Å². The highest BCUT2D eigenvalue weighted by Crippen LogP contribution is 2.25. The van der Waals surface area contributed by atoms with E-state index in [2.05, 4.69) is 62.5 Å². The Morgan fingerprint density at radius 1 is 1.11 bits per heavy atom. The van der Waals surface area contributed by atoms with Gasteiger partial charge in [0, 0.05) is 5.39 Å². The van der Waals surface area contributed by atoms with E-state index < -0.39 is 0 Å². The molecule has 0 bridgehead atoms. The normalized spacial score (nSPS) is 14.5. The summed E-state index contributed by atoms with van der Waals surface area (Å²) in [5.41, 5.74) is 2.26. The van der Waals surface area contributed by atoms with Crippen molar-refractivity contribution in [1.29, 1.82) is 0 Å². The maximum atomic E-state index is 4.83. The number of nitrogens with zero attached hydrogens (tertiary/aromatic N) is 1. The fourth-order valence-corrected chi connectivity index (χ4v) is 2.69. The first-order chi connectivity index (χ1) is 9.26. The van der Waals surface area contributed by atoms with Crippen molar-refractivity contribution in [2.75, 3.05) is 6.54 Å². The van der Waals surface area contributed by atoms with E-state index in [1.54, 1.807) is 0 Å². The Morgan fingerprint density at radius 2 is 1.89 bits per heavy atom. The second-order valence-corrected chi connectivity index (χ2v) is 5.23. The molecule has 0 radical (unpaired) electrons. The van der Waals surface area contributed by atoms with Crippen molar-refractivity contribution in [2.24, 2.45) is 5.92 Å². The highest BCUT2D eigenvalue weighted by molar-refractivity contribution is 5.78. The summed E-state index contributed by atoms with van der Waals surface area (Å²) in [5, 5.41) is 4.80. The van der Waals surface area contributed by atoms with Gasteiger partial charge in [0.2, 0.25) is 0 Å². The number of pyridine rings is 1. The lowest BCUT2D eigenvalue weighted by Gasteiger charge is -2.24. The third-order valence-electron chi connectivity index (χ3n) is 3.68. The molecular weight excluding hydrogens is 232 g/mol. The molecule has 0 aliphatic carbocycles. The van der Waals surface area contributed by atoms with E-state index in [9.17, 15) is 0 Å². The summed E-state index contributed by atoms with van der Waals surface area (Å²) in [4.78, 5) is 4.83. The first kappa shape index (κ1) is 14.0. The van der Waals surface area contributed by atoms with Crippen LogP contribution in [-0.2, 0) is 0 Å². The molecule has 2 rings (SSSR count). The fourth-order valence-electron chi connectivity index (χ4n) is 2.69. The monoisotopic (exact) mass is 256 g/mol. The number of hydrogen-bond donors (Lipinski definition) is 1. The Kier molecular flexibility index (Phi) is 4.92. The first-order valence-corrected chi connectivity index (χ1v) is 7.35. The Bertz CT molecular complexity index is 521. The van der Waals surface area contributed by atoms with Crippen molar-refractivity contribution in [3.8, 4) is 0 Å². The average molecular weight is 256 g/mol. The number of hydrogen-bond acceptors (Lipinski definition) is 2. The van der Waals surface area contributed by atoms with Crippen molar-refractivity contribution < 1.29 is 0 Å². The van der Waals surface area contributed by atoms with Gasteiger partial charge in [-0.2, -0.15) is 0 Å². The van der Waals surface area contributed by atoms with Crippen molar-refractivity contribution in [3.05, 3.63) is 42.1 Å². The lowest BCUT2D eigenvalue weighted by atomic mass is 9.93. The number of para-hydroxylation sites is 1. The van der Waals surface area contributed by atoms with Crippen LogP contribution in [0.3, 0.4) is 0 Å². The number of nitrogens with one attached hydrogen (secondary N) is 1. The van der Waals surface area contributed by atoms with Gasteiger partial charge in [-0.3, -0.25) is 4.98 Å². The lowest BCUT2D eigenvalue weighted by Crippen LogP contribution is -2.27. The molecule has 0 spiro atoms. The molecule has 2 nitrogen and oxygen atoms in total. The van der Waals surface area contributed by atoms with E-state index in [0.29, 0.717) is 12.0 Å². The molecule has 2 atom stereocenters. The topological polar surface area (TPSA) is 24.9 Å². The van der Waals surface area contributed by atoms with Gasteiger partial charge in [-0.1, -0.05) is 51.5 Å². The third kappa shape index (κ3) is 3.32. The molecule has 19 heavy (non-hydrogen) atoms. The molecule has 1 N–H and O–H groups in total. The summed E-state index contributed by atoms with van der Waals surface area (Å²) in [7, 11) is 0. The van der Waals surface area contributed by atoms with Gasteiger partial charge in [0.1, 0.15) is 0 Å². The zero-order valence-corrected chi connectivity index (χ0v) is 12.2. The summed E-state index contributed by atoms with van der Waals surface area (Å²) in [5.74, 6) is 0.610. The molecular formula is C17H24N2. The molecule has 2 heteroatoms. The van der Waals surface area contributed by atoms with Gasteiger partial charge < -0.3 is 5.32 Å². The van der Waals surface area contributed by atoms with Crippen LogP contribution >= 0.6 is 0 Å². The quantitative estimate of drug-likeness (QED) is 0.832. The van der Waals surface area contributed by atoms with E-state index in [0.717, 1.165) is 12.1 Å². The van der Waals surface area contributed by atoms with Gasteiger partial charge >= 0.3 is 0 Å². The van der Waals surface area contributed by atoms with Gasteiger partial charge in [0.05, 0.1) is 17.3 Å². The van der Waals surface area contributed by atoms with Gasteiger partial charge in [-0.05, 0) is 31.0 Å². The lowest BCUT2D eigenvalue weighted by molar-refractivity contribution is 0.363. The standard InChI is InChI=1S/C17H24N2/c1-4-8-13(3)17(18-5-2)16-12-11-14-9-6-7-10-15(14)19-16/h6-7,9-13,17-18H,4-5,8H2,1-3H3. The molecule has 0 fully saturated rings. The molecule has 102 valence electrons. The van der Waals surface area contributed by atoms with Crippen molar-refractivity contribution in [2.45, 2.75) is 39.7 Å². The fraction of sp³-hybridized carbons (Fsp3) is 0.471. The van der Waals surface area contributed by atoms with Crippen LogP contribution in [0.15, 0.2) is 36.4 Å². The SMILES string of the molecule is CCCC(C)C(NCC)c1ccc2ccccc2n1. The van der Waals surface area contributed by atoms with Crippen molar-refractivity contribution in [1.82, 2.24) is 10.3 Å². The minimum Gasteiger partial charge on any atom is -0.309 e. The molecule has 1 aromatic carbocycles. The highest BCUT2D eigenvalue weighted by atomic mass is 14.9. The minimum absolute atomic E-state index is 0.356. The van der Waals surface area contributed by atoms with Crippen molar-refractivity contribution >= 4 is 10.9 Å². The summed E-state index contributed by atoms with van der Waals surface area (Å²) >= 11 is 0. The zero-order valence-electron chi connectivity index (χ0n) is 12.2. The minimum atomic E-state index is 0.356. The van der Waals surface area contributed by atoms with Crippen molar-refractivity contribution in [3.63, 3.8) is 0 Å². The van der Waals surface area contributed by atoms with Crippen LogP contribution < -0.4 is 5.32 Å². The summed E-state index contributed by atoms with van der Waals surface area (Å²) in [6.07, 6.45) is 2.45. The Morgan fingerprint density at radius 3 is 2.63 bits per heavy atom. The van der Waals surface area contributed by atoms with Gasteiger partial charge in [0.15, 0.2) is 0 Å². The second-order valence-electron chi connectivity index (χ2n) is 5.23. The van der Waals surface area contributed by atoms with Crippen LogP contribution in [-0.4, -0.2) is 11.5 Å². The van der Waals surface area contributed by atoms with Gasteiger partial charge in [-0.25, -0.2) is 0 Å². The average Bonchev–Trinajstić information content (AvgIpc) is 2.44. The van der Waals surface area contributed by atoms with Crippen LogP contribution in [0.1, 0.15) is 45.3 Å². The van der Waals surface area contributed by atoms with Gasteiger partial charge in [-0.15, -0.1) is 0 Å². The first-order valence-electron chi connectivity index (χ1n) is 7.35. The van der Waals surface area contributed by atoms with E-state index in [4.69, 9.17) is 4.98 Å². The maximum absolute atomic E-state index is 4.83. The maximum Gasteiger partial charge on any atom is 0.0706 e. The number of aromatic nitrogens is 1. The van der Waals surface area contributed by atoms with Crippen LogP contribution in [0.25, 0.3) is 10.9 Å². The Balaban J connectivity index is 2.32. The largest absolute Gasteiger partial charge is 0.309 e. The highest BCUT2D eigenvalue weighted by Gasteiger charge is 2.19. The molecule has 2 unspecified atom stereocenters. The molecule has 0 saturated heterocycles. The Hall–Kier alpha value is -1.41. The molecule has 2 aromatic rings. The van der Waals surface area contributed by atoms with Gasteiger partial charge in [0.25, 0.3) is 0 Å². The summed E-state index contributed by atoms with van der Waals surface area (Å²) in [6, 6.07) is 13.0. The van der Waals surface area contributed by atoms with Crippen LogP contribution in [0, 0.1) is 5.92 Å². The summed E-state index contributed by atoms with van der Waals surface area (Å²) in [6.45, 7) is 7.70. The number of benzene rings is 1.